The van der Waals surface area contributed by atoms with E-state index in [0.717, 1.165) is 44.9 Å². The van der Waals surface area contributed by atoms with Gasteiger partial charge in [-0.1, -0.05) is 45.4 Å². The second kappa shape index (κ2) is 20.0. The quantitative estimate of drug-likeness (QED) is 0.0695. The molecule has 0 saturated carbocycles. The summed E-state index contributed by atoms with van der Waals surface area (Å²) in [5, 5.41) is 0. The third-order valence-electron chi connectivity index (χ3n) is 6.78. The maximum absolute atomic E-state index is 12.0. The molecule has 4 unspecified atom stereocenters. The van der Waals surface area contributed by atoms with Crippen LogP contribution in [-0.2, 0) is 26.9 Å². The molecule has 0 radical (unpaired) electrons. The van der Waals surface area contributed by atoms with E-state index < -0.39 is 41.6 Å². The zero-order chi connectivity index (χ0) is 34.4. The van der Waals surface area contributed by atoms with Gasteiger partial charge in [-0.15, -0.1) is 0 Å². The predicted molar refractivity (Wildman–Crippen MR) is 203 cm³/mol. The summed E-state index contributed by atoms with van der Waals surface area (Å²) in [6.07, 6.45) is 13.0. The fourth-order valence-electron chi connectivity index (χ4n) is 5.42. The van der Waals surface area contributed by atoms with E-state index in [1.165, 1.54) is 25.7 Å². The molecule has 0 N–H and O–H groups in total. The van der Waals surface area contributed by atoms with Crippen LogP contribution < -0.4 is 0 Å². The maximum atomic E-state index is 12.0. The third kappa shape index (κ3) is 26.5. The number of carbonyl (C=O) groups is 1. The molecule has 0 bridgehead atoms. The fourth-order valence-corrected chi connectivity index (χ4v) is 11.0. The van der Waals surface area contributed by atoms with Crippen molar-refractivity contribution in [1.29, 1.82) is 0 Å². The Morgan fingerprint density at radius 3 is 1.11 bits per heavy atom. The van der Waals surface area contributed by atoms with E-state index in [-0.39, 0.29) is 30.4 Å². The lowest BCUT2D eigenvalue weighted by Crippen LogP contribution is -2.47. The van der Waals surface area contributed by atoms with Gasteiger partial charge < -0.3 is 22.1 Å². The molecule has 4 atom stereocenters. The summed E-state index contributed by atoms with van der Waals surface area (Å²) >= 11 is 0. The molecular weight excluding hydrogens is 633 g/mol. The summed E-state index contributed by atoms with van der Waals surface area (Å²) in [4.78, 5) is 12.0. The summed E-state index contributed by atoms with van der Waals surface area (Å²) in [7, 11) is -8.80. The molecule has 0 fully saturated rings. The highest BCUT2D eigenvalue weighted by atomic mass is 28.4. The Kier molecular flexibility index (Phi) is 20.2. The summed E-state index contributed by atoms with van der Waals surface area (Å²) in [5.74, 6) is -0.0140. The van der Waals surface area contributed by atoms with Crippen LogP contribution in [-0.4, -0.2) is 72.0 Å². The molecule has 0 spiro atoms. The fraction of sp³-hybridized carbons (Fsp3) is 0.970. The van der Waals surface area contributed by atoms with Gasteiger partial charge in [-0.05, 0) is 130 Å². The number of carbonyl (C=O) groups excluding carboxylic acids is 1. The first-order valence-corrected chi connectivity index (χ1v) is 34.8. The van der Waals surface area contributed by atoms with Gasteiger partial charge in [0.2, 0.25) is 8.32 Å². The van der Waals surface area contributed by atoms with Gasteiger partial charge in [0.25, 0.3) is 5.97 Å². The van der Waals surface area contributed by atoms with Crippen LogP contribution in [0.25, 0.3) is 0 Å². The monoisotopic (exact) mass is 708 g/mol. The Bertz CT molecular complexity index is 778. The van der Waals surface area contributed by atoms with E-state index >= 15 is 0 Å². The average Bonchev–Trinajstić information content (AvgIpc) is 2.78. The van der Waals surface area contributed by atoms with Crippen molar-refractivity contribution in [3.63, 3.8) is 0 Å². The van der Waals surface area contributed by atoms with E-state index in [2.05, 4.69) is 105 Å². The van der Waals surface area contributed by atoms with Crippen LogP contribution in [0.15, 0.2) is 0 Å². The Morgan fingerprint density at radius 1 is 0.432 bits per heavy atom. The first-order chi connectivity index (χ1) is 19.8. The maximum Gasteiger partial charge on any atom is 0.292 e. The Morgan fingerprint density at radius 2 is 0.750 bits per heavy atom. The second-order valence-corrected chi connectivity index (χ2v) is 39.9. The van der Waals surface area contributed by atoms with Gasteiger partial charge in [0.15, 0.2) is 33.3 Å². The molecule has 0 aliphatic carbocycles. The van der Waals surface area contributed by atoms with Crippen molar-refractivity contribution in [2.45, 2.75) is 207 Å². The summed E-state index contributed by atoms with van der Waals surface area (Å²) < 4.78 is 32.9. The number of hydrogen-bond donors (Lipinski definition) is 0. The average molecular weight is 709 g/mol. The van der Waals surface area contributed by atoms with Gasteiger partial charge in [0.05, 0.1) is 24.4 Å². The lowest BCUT2D eigenvalue weighted by molar-refractivity contribution is -0.135. The summed E-state index contributed by atoms with van der Waals surface area (Å²) in [6, 6.07) is 0. The molecule has 0 aromatic rings. The first kappa shape index (κ1) is 44.4. The molecule has 0 aromatic carbocycles. The molecule has 0 aromatic heterocycles. The minimum Gasteiger partial charge on any atom is -0.520 e. The van der Waals surface area contributed by atoms with Crippen molar-refractivity contribution in [3.8, 4) is 0 Å². The Labute approximate surface area is 280 Å². The third-order valence-corrected chi connectivity index (χ3v) is 11.7. The molecule has 6 nitrogen and oxygen atoms in total. The zero-order valence-electron chi connectivity index (χ0n) is 32.2. The summed E-state index contributed by atoms with van der Waals surface area (Å²) in [5.41, 5.74) is 0. The van der Waals surface area contributed by atoms with E-state index in [1.807, 2.05) is 0 Å². The van der Waals surface area contributed by atoms with Crippen LogP contribution in [0.4, 0.5) is 0 Å². The van der Waals surface area contributed by atoms with Crippen LogP contribution in [0.3, 0.4) is 0 Å². The van der Waals surface area contributed by atoms with Crippen LogP contribution in [0.2, 0.25) is 98.2 Å². The molecule has 0 aliphatic rings. The molecule has 264 valence electrons. The van der Waals surface area contributed by atoms with E-state index in [4.69, 9.17) is 22.1 Å². The predicted octanol–water partition coefficient (Wildman–Crippen LogP) is 10.9. The normalized spacial score (nSPS) is 16.5. The van der Waals surface area contributed by atoms with Crippen LogP contribution in [0.5, 0.6) is 0 Å². The van der Waals surface area contributed by atoms with Crippen molar-refractivity contribution in [3.05, 3.63) is 0 Å². The van der Waals surface area contributed by atoms with Crippen LogP contribution in [0.1, 0.15) is 84.0 Å². The molecule has 0 aliphatic heterocycles. The number of unbranched alkanes of at least 4 members (excludes halogenated alkanes) is 6. The van der Waals surface area contributed by atoms with Crippen molar-refractivity contribution < 1.29 is 26.9 Å². The van der Waals surface area contributed by atoms with E-state index in [0.29, 0.717) is 6.42 Å². The largest absolute Gasteiger partial charge is 0.520 e. The highest BCUT2D eigenvalue weighted by Gasteiger charge is 2.35. The summed E-state index contributed by atoms with van der Waals surface area (Å²) in [6.45, 7) is 35.9. The Hall–Kier alpha value is 0.394. The topological polar surface area (TPSA) is 63.2 Å². The van der Waals surface area contributed by atoms with Crippen LogP contribution in [0, 0.1) is 0 Å². The van der Waals surface area contributed by atoms with E-state index in [9.17, 15) is 4.79 Å². The van der Waals surface area contributed by atoms with Gasteiger partial charge in [-0.3, -0.25) is 4.79 Å². The standard InChI is InChI=1S/C33H76O6Si5/c1-17-29(35-40(2,3)4)31(37-42(8,9)10)27-28-32(38-43(11,12)13)30(36-41(5,6)7)25-23-21-19-18-20-22-24-26-33(34)39-44(14,15)16/h29-32H,17-28H2,1-16H3. The van der Waals surface area contributed by atoms with Crippen molar-refractivity contribution in [2.24, 2.45) is 0 Å². The highest BCUT2D eigenvalue weighted by Crippen LogP contribution is 2.29. The Balaban J connectivity index is 5.31. The van der Waals surface area contributed by atoms with Crippen molar-refractivity contribution >= 4 is 47.6 Å². The molecule has 0 amide bonds. The molecular formula is C33H76O6Si5. The lowest BCUT2D eigenvalue weighted by atomic mass is 9.98. The lowest BCUT2D eigenvalue weighted by Gasteiger charge is -2.39. The number of rotatable bonds is 25. The van der Waals surface area contributed by atoms with Gasteiger partial charge in [-0.25, -0.2) is 0 Å². The molecule has 11 heteroatoms. The minimum absolute atomic E-state index is 0.0140. The molecule has 0 saturated heterocycles. The molecule has 0 heterocycles. The zero-order valence-corrected chi connectivity index (χ0v) is 37.2. The molecule has 0 rings (SSSR count). The van der Waals surface area contributed by atoms with Gasteiger partial charge in [0, 0.05) is 6.42 Å². The molecule has 44 heavy (non-hydrogen) atoms. The van der Waals surface area contributed by atoms with Gasteiger partial charge in [-0.2, -0.15) is 0 Å². The highest BCUT2D eigenvalue weighted by molar-refractivity contribution is 6.71. The minimum atomic E-state index is -1.80. The van der Waals surface area contributed by atoms with Gasteiger partial charge in [0.1, 0.15) is 0 Å². The van der Waals surface area contributed by atoms with Crippen molar-refractivity contribution in [1.82, 2.24) is 0 Å². The SMILES string of the molecule is CCC(O[Si](C)(C)C)C(CCC(O[Si](C)(C)C)C(CCCCCCCCCC(=O)O[Si](C)(C)C)O[Si](C)(C)C)O[Si](C)(C)C. The van der Waals surface area contributed by atoms with Crippen LogP contribution >= 0.6 is 0 Å². The second-order valence-electron chi connectivity index (χ2n) is 17.7. The van der Waals surface area contributed by atoms with E-state index in [1.54, 1.807) is 0 Å². The van der Waals surface area contributed by atoms with Gasteiger partial charge >= 0.3 is 0 Å². The number of hydrogen-bond acceptors (Lipinski definition) is 6. The van der Waals surface area contributed by atoms with Crippen molar-refractivity contribution in [2.75, 3.05) is 0 Å². The smallest absolute Gasteiger partial charge is 0.292 e. The first-order valence-electron chi connectivity index (χ1n) is 17.7.